The van der Waals surface area contributed by atoms with Gasteiger partial charge in [0.1, 0.15) is 0 Å². The number of aromatic nitrogens is 2. The Morgan fingerprint density at radius 2 is 2.20 bits per heavy atom. The number of hydrogen-bond acceptors (Lipinski definition) is 4. The quantitative estimate of drug-likeness (QED) is 0.864. The molecule has 1 atom stereocenters. The van der Waals surface area contributed by atoms with E-state index in [0.29, 0.717) is 11.1 Å². The van der Waals surface area contributed by atoms with Crippen LogP contribution in [0.3, 0.4) is 0 Å². The second-order valence-corrected chi connectivity index (χ2v) is 7.11. The van der Waals surface area contributed by atoms with Gasteiger partial charge < -0.3 is 5.32 Å². The lowest BCUT2D eigenvalue weighted by atomic mass is 10.1. The van der Waals surface area contributed by atoms with Gasteiger partial charge in [-0.05, 0) is 13.0 Å². The molecule has 2 rings (SSSR count). The number of nitrogens with one attached hydrogen (secondary N) is 2. The summed E-state index contributed by atoms with van der Waals surface area (Å²) in [5, 5.41) is 10.2. The predicted molar refractivity (Wildman–Crippen MR) is 77.3 cm³/mol. The van der Waals surface area contributed by atoms with Crippen molar-refractivity contribution in [3.8, 4) is 0 Å². The number of carbonyl (C=O) groups is 1. The van der Waals surface area contributed by atoms with Crippen molar-refractivity contribution in [2.24, 2.45) is 0 Å². The summed E-state index contributed by atoms with van der Waals surface area (Å²) >= 11 is 0. The maximum absolute atomic E-state index is 12.2. The van der Waals surface area contributed by atoms with E-state index in [9.17, 15) is 13.2 Å². The molecule has 7 heteroatoms. The summed E-state index contributed by atoms with van der Waals surface area (Å²) in [6.07, 6.45) is 1.64. The number of fused-ring (bicyclic) bond motifs is 1. The third kappa shape index (κ3) is 3.16. The van der Waals surface area contributed by atoms with Crippen molar-refractivity contribution in [1.29, 1.82) is 0 Å². The van der Waals surface area contributed by atoms with Crippen molar-refractivity contribution in [3.05, 3.63) is 30.0 Å². The predicted octanol–water partition coefficient (Wildman–Crippen LogP) is 1.12. The van der Waals surface area contributed by atoms with Gasteiger partial charge in [0.2, 0.25) is 0 Å². The largest absolute Gasteiger partial charge is 0.348 e. The van der Waals surface area contributed by atoms with Gasteiger partial charge in [-0.1, -0.05) is 19.1 Å². The molecule has 108 valence electrons. The van der Waals surface area contributed by atoms with Gasteiger partial charge in [0, 0.05) is 17.2 Å². The molecule has 0 spiro atoms. The van der Waals surface area contributed by atoms with Crippen molar-refractivity contribution in [3.63, 3.8) is 0 Å². The Morgan fingerprint density at radius 1 is 1.45 bits per heavy atom. The van der Waals surface area contributed by atoms with Crippen molar-refractivity contribution in [2.75, 3.05) is 11.5 Å². The highest BCUT2D eigenvalue weighted by molar-refractivity contribution is 7.91. The number of aromatic amines is 1. The van der Waals surface area contributed by atoms with E-state index in [0.717, 1.165) is 5.39 Å². The second-order valence-electron chi connectivity index (χ2n) is 4.71. The van der Waals surface area contributed by atoms with Gasteiger partial charge in [0.05, 0.1) is 23.0 Å². The zero-order chi connectivity index (χ0) is 14.8. The summed E-state index contributed by atoms with van der Waals surface area (Å²) < 4.78 is 23.1. The molecule has 2 N–H and O–H groups in total. The molecule has 1 aromatic heterocycles. The summed E-state index contributed by atoms with van der Waals surface area (Å²) in [7, 11) is -3.11. The van der Waals surface area contributed by atoms with E-state index in [1.807, 2.05) is 6.07 Å². The molecule has 20 heavy (non-hydrogen) atoms. The first-order chi connectivity index (χ1) is 9.43. The zero-order valence-electron chi connectivity index (χ0n) is 11.4. The lowest BCUT2D eigenvalue weighted by molar-refractivity contribution is 0.0945. The van der Waals surface area contributed by atoms with Gasteiger partial charge in [-0.15, -0.1) is 0 Å². The topological polar surface area (TPSA) is 91.9 Å². The van der Waals surface area contributed by atoms with Gasteiger partial charge in [0.25, 0.3) is 5.91 Å². The SMILES string of the molecule is CCS(=O)(=O)C[C@@H](C)NC(=O)c1cccc2cn[nH]c12. The van der Waals surface area contributed by atoms with Crippen LogP contribution in [0.25, 0.3) is 10.9 Å². The number of benzene rings is 1. The molecule has 0 aliphatic heterocycles. The van der Waals surface area contributed by atoms with E-state index in [1.54, 1.807) is 32.2 Å². The van der Waals surface area contributed by atoms with E-state index < -0.39 is 15.9 Å². The fraction of sp³-hybridized carbons (Fsp3) is 0.385. The molecule has 0 unspecified atom stereocenters. The first kappa shape index (κ1) is 14.5. The first-order valence-corrected chi connectivity index (χ1v) is 8.18. The minimum atomic E-state index is -3.11. The lowest BCUT2D eigenvalue weighted by Crippen LogP contribution is -2.38. The fourth-order valence-corrected chi connectivity index (χ4v) is 3.08. The molecule has 0 bridgehead atoms. The molecule has 0 radical (unpaired) electrons. The van der Waals surface area contributed by atoms with E-state index >= 15 is 0 Å². The number of H-pyrrole nitrogens is 1. The molecule has 1 aromatic carbocycles. The fourth-order valence-electron chi connectivity index (χ4n) is 2.00. The molecule has 1 heterocycles. The Hall–Kier alpha value is -1.89. The van der Waals surface area contributed by atoms with E-state index in [4.69, 9.17) is 0 Å². The van der Waals surface area contributed by atoms with Crippen molar-refractivity contribution < 1.29 is 13.2 Å². The van der Waals surface area contributed by atoms with Crippen LogP contribution >= 0.6 is 0 Å². The molecular weight excluding hydrogens is 278 g/mol. The number of hydrogen-bond donors (Lipinski definition) is 2. The van der Waals surface area contributed by atoms with Crippen molar-refractivity contribution in [1.82, 2.24) is 15.5 Å². The number of sulfone groups is 1. The van der Waals surface area contributed by atoms with E-state index in [-0.39, 0.29) is 17.4 Å². The summed E-state index contributed by atoms with van der Waals surface area (Å²) in [5.41, 5.74) is 1.11. The first-order valence-electron chi connectivity index (χ1n) is 6.36. The van der Waals surface area contributed by atoms with Gasteiger partial charge in [-0.3, -0.25) is 9.89 Å². The molecule has 0 saturated heterocycles. The van der Waals surface area contributed by atoms with Crippen molar-refractivity contribution in [2.45, 2.75) is 19.9 Å². The number of para-hydroxylation sites is 1. The Morgan fingerprint density at radius 3 is 2.90 bits per heavy atom. The number of nitrogens with zero attached hydrogens (tertiary/aromatic N) is 1. The van der Waals surface area contributed by atoms with Gasteiger partial charge >= 0.3 is 0 Å². The summed E-state index contributed by atoms with van der Waals surface area (Å²) in [5.74, 6) is -0.295. The summed E-state index contributed by atoms with van der Waals surface area (Å²) in [6.45, 7) is 3.27. The van der Waals surface area contributed by atoms with Crippen LogP contribution < -0.4 is 5.32 Å². The molecule has 0 saturated carbocycles. The normalized spacial score (nSPS) is 13.3. The summed E-state index contributed by atoms with van der Waals surface area (Å²) in [4.78, 5) is 12.2. The lowest BCUT2D eigenvalue weighted by Gasteiger charge is -2.13. The monoisotopic (exact) mass is 295 g/mol. The van der Waals surface area contributed by atoms with Crippen LogP contribution in [-0.2, 0) is 9.84 Å². The minimum Gasteiger partial charge on any atom is -0.348 e. The van der Waals surface area contributed by atoms with Crippen LogP contribution in [0.2, 0.25) is 0 Å². The Labute approximate surface area is 117 Å². The van der Waals surface area contributed by atoms with Crippen molar-refractivity contribution >= 4 is 26.6 Å². The average Bonchev–Trinajstić information content (AvgIpc) is 2.85. The molecule has 2 aromatic rings. The number of carbonyl (C=O) groups excluding carboxylic acids is 1. The van der Waals surface area contributed by atoms with Crippen LogP contribution in [0.1, 0.15) is 24.2 Å². The summed E-state index contributed by atoms with van der Waals surface area (Å²) in [6, 6.07) is 4.85. The standard InChI is InChI=1S/C13H17N3O3S/c1-3-20(18,19)8-9(2)15-13(17)11-6-4-5-10-7-14-16-12(10)11/h4-7,9H,3,8H2,1-2H3,(H,14,16)(H,15,17)/t9-/m1/s1. The Kier molecular flexibility index (Phi) is 4.08. The van der Waals surface area contributed by atoms with Gasteiger partial charge in [-0.25, -0.2) is 8.42 Å². The Balaban J connectivity index is 2.14. The van der Waals surface area contributed by atoms with Crippen LogP contribution in [0.15, 0.2) is 24.4 Å². The highest BCUT2D eigenvalue weighted by atomic mass is 32.2. The third-order valence-electron chi connectivity index (χ3n) is 3.04. The molecule has 0 aliphatic carbocycles. The average molecular weight is 295 g/mol. The molecule has 0 fully saturated rings. The highest BCUT2D eigenvalue weighted by Gasteiger charge is 2.18. The molecule has 1 amide bonds. The maximum Gasteiger partial charge on any atom is 0.253 e. The maximum atomic E-state index is 12.2. The van der Waals surface area contributed by atoms with Gasteiger partial charge in [0.15, 0.2) is 9.84 Å². The van der Waals surface area contributed by atoms with Crippen LogP contribution in [0.4, 0.5) is 0 Å². The van der Waals surface area contributed by atoms with Crippen LogP contribution in [0.5, 0.6) is 0 Å². The molecule has 6 nitrogen and oxygen atoms in total. The smallest absolute Gasteiger partial charge is 0.253 e. The van der Waals surface area contributed by atoms with E-state index in [2.05, 4.69) is 15.5 Å². The van der Waals surface area contributed by atoms with Gasteiger partial charge in [-0.2, -0.15) is 5.10 Å². The van der Waals surface area contributed by atoms with E-state index in [1.165, 1.54) is 0 Å². The molecule has 0 aliphatic rings. The van der Waals surface area contributed by atoms with Crippen LogP contribution in [0, 0.1) is 0 Å². The number of amides is 1. The number of rotatable bonds is 5. The third-order valence-corrected chi connectivity index (χ3v) is 4.93. The second kappa shape index (κ2) is 5.62. The van der Waals surface area contributed by atoms with Crippen LogP contribution in [-0.4, -0.2) is 42.1 Å². The zero-order valence-corrected chi connectivity index (χ0v) is 12.2. The Bertz CT molecular complexity index is 721. The minimum absolute atomic E-state index is 0.0613. The molecular formula is C13H17N3O3S. The highest BCUT2D eigenvalue weighted by Crippen LogP contribution is 2.15.